The molecule has 0 radical (unpaired) electrons. The molecule has 116 valence electrons. The van der Waals surface area contributed by atoms with Gasteiger partial charge in [0.2, 0.25) is 0 Å². The summed E-state index contributed by atoms with van der Waals surface area (Å²) in [5.41, 5.74) is 0.602. The first-order valence-corrected chi connectivity index (χ1v) is 7.83. The molecule has 1 saturated heterocycles. The lowest BCUT2D eigenvalue weighted by molar-refractivity contribution is 0.0659. The highest BCUT2D eigenvalue weighted by Crippen LogP contribution is 2.22. The van der Waals surface area contributed by atoms with Crippen LogP contribution in [0.1, 0.15) is 48.8 Å². The maximum atomic E-state index is 12.5. The molecule has 1 atom stereocenters. The van der Waals surface area contributed by atoms with Gasteiger partial charge in [-0.15, -0.1) is 0 Å². The normalized spacial score (nSPS) is 18.8. The predicted molar refractivity (Wildman–Crippen MR) is 81.1 cm³/mol. The molecule has 21 heavy (non-hydrogen) atoms. The van der Waals surface area contributed by atoms with Crippen molar-refractivity contribution < 1.29 is 9.53 Å². The Morgan fingerprint density at radius 3 is 2.86 bits per heavy atom. The van der Waals surface area contributed by atoms with Crippen LogP contribution in [0.5, 0.6) is 0 Å². The first-order valence-electron chi connectivity index (χ1n) is 7.83. The fourth-order valence-electron chi connectivity index (χ4n) is 2.83. The van der Waals surface area contributed by atoms with E-state index in [-0.39, 0.29) is 5.91 Å². The van der Waals surface area contributed by atoms with E-state index in [1.807, 2.05) is 11.8 Å². The summed E-state index contributed by atoms with van der Waals surface area (Å²) in [5, 5.41) is 0. The van der Waals surface area contributed by atoms with Crippen LogP contribution in [0.2, 0.25) is 0 Å². The van der Waals surface area contributed by atoms with Crippen molar-refractivity contribution in [2.24, 2.45) is 5.92 Å². The molecule has 0 saturated carbocycles. The van der Waals surface area contributed by atoms with Crippen LogP contribution >= 0.6 is 0 Å². The third-order valence-electron chi connectivity index (χ3n) is 4.04. The van der Waals surface area contributed by atoms with Crippen molar-refractivity contribution in [2.75, 3.05) is 26.8 Å². The van der Waals surface area contributed by atoms with Crippen LogP contribution in [-0.2, 0) is 11.2 Å². The van der Waals surface area contributed by atoms with Crippen molar-refractivity contribution in [3.05, 3.63) is 23.8 Å². The summed E-state index contributed by atoms with van der Waals surface area (Å²) in [4.78, 5) is 22.9. The molecule has 1 aromatic rings. The van der Waals surface area contributed by atoms with Crippen LogP contribution in [0.15, 0.2) is 12.4 Å². The molecule has 1 aromatic heterocycles. The van der Waals surface area contributed by atoms with Gasteiger partial charge in [-0.2, -0.15) is 0 Å². The molecule has 1 unspecified atom stereocenters. The summed E-state index contributed by atoms with van der Waals surface area (Å²) in [6, 6.07) is 0. The van der Waals surface area contributed by atoms with Gasteiger partial charge >= 0.3 is 0 Å². The third kappa shape index (κ3) is 4.49. The van der Waals surface area contributed by atoms with E-state index in [1.54, 1.807) is 19.5 Å². The monoisotopic (exact) mass is 291 g/mol. The quantitative estimate of drug-likeness (QED) is 0.755. The average molecular weight is 291 g/mol. The van der Waals surface area contributed by atoms with Gasteiger partial charge in [-0.05, 0) is 31.6 Å². The molecule has 5 heteroatoms. The Morgan fingerprint density at radius 2 is 2.19 bits per heavy atom. The number of ether oxygens (including phenoxy) is 1. The first-order chi connectivity index (χ1) is 10.2. The summed E-state index contributed by atoms with van der Waals surface area (Å²) in [7, 11) is 1.73. The second-order valence-corrected chi connectivity index (χ2v) is 5.64. The van der Waals surface area contributed by atoms with E-state index in [9.17, 15) is 4.79 Å². The number of likely N-dealkylation sites (tertiary alicyclic amines) is 1. The van der Waals surface area contributed by atoms with Crippen LogP contribution in [0.4, 0.5) is 0 Å². The number of hydrogen-bond donors (Lipinski definition) is 0. The second kappa shape index (κ2) is 8.08. The van der Waals surface area contributed by atoms with Gasteiger partial charge in [-0.3, -0.25) is 4.79 Å². The molecule has 2 heterocycles. The van der Waals surface area contributed by atoms with Gasteiger partial charge in [-0.1, -0.05) is 6.92 Å². The number of aryl methyl sites for hydroxylation is 1. The smallest absolute Gasteiger partial charge is 0.256 e. The predicted octanol–water partition coefficient (Wildman–Crippen LogP) is 2.32. The molecule has 0 aliphatic carbocycles. The molecule has 1 aliphatic rings. The lowest BCUT2D eigenvalue weighted by Gasteiger charge is -2.32. The minimum Gasteiger partial charge on any atom is -0.385 e. The van der Waals surface area contributed by atoms with E-state index < -0.39 is 0 Å². The largest absolute Gasteiger partial charge is 0.385 e. The molecular weight excluding hydrogens is 266 g/mol. The number of methoxy groups -OCH3 is 1. The van der Waals surface area contributed by atoms with E-state index in [1.165, 1.54) is 6.42 Å². The number of rotatable bonds is 6. The van der Waals surface area contributed by atoms with Crippen molar-refractivity contribution in [1.82, 2.24) is 14.9 Å². The third-order valence-corrected chi connectivity index (χ3v) is 4.04. The van der Waals surface area contributed by atoms with Crippen LogP contribution in [-0.4, -0.2) is 47.6 Å². The first kappa shape index (κ1) is 15.9. The highest BCUT2D eigenvalue weighted by atomic mass is 16.5. The number of aromatic nitrogens is 2. The summed E-state index contributed by atoms with van der Waals surface area (Å²) >= 11 is 0. The van der Waals surface area contributed by atoms with Crippen molar-refractivity contribution in [2.45, 2.75) is 39.0 Å². The van der Waals surface area contributed by atoms with Gasteiger partial charge in [-0.25, -0.2) is 9.97 Å². The Kier molecular flexibility index (Phi) is 6.11. The molecule has 1 aliphatic heterocycles. The van der Waals surface area contributed by atoms with Crippen LogP contribution in [0.25, 0.3) is 0 Å². The number of amides is 1. The average Bonchev–Trinajstić information content (AvgIpc) is 2.55. The van der Waals surface area contributed by atoms with Crippen LogP contribution < -0.4 is 0 Å². The zero-order chi connectivity index (χ0) is 15.1. The molecule has 5 nitrogen and oxygen atoms in total. The highest BCUT2D eigenvalue weighted by molar-refractivity contribution is 5.93. The Bertz CT molecular complexity index is 447. The molecule has 1 fully saturated rings. The Hall–Kier alpha value is -1.49. The molecule has 1 amide bonds. The van der Waals surface area contributed by atoms with Gasteiger partial charge in [0.05, 0.1) is 5.56 Å². The Balaban J connectivity index is 1.91. The zero-order valence-electron chi connectivity index (χ0n) is 13.0. The lowest BCUT2D eigenvalue weighted by Crippen LogP contribution is -2.40. The van der Waals surface area contributed by atoms with Crippen LogP contribution in [0.3, 0.4) is 0 Å². The SMILES string of the molecule is CCc1ncc(C(=O)N2CCCC(CCCOC)C2)cn1. The number of carbonyl (C=O) groups excluding carboxylic acids is 1. The van der Waals surface area contributed by atoms with E-state index in [4.69, 9.17) is 4.74 Å². The van der Waals surface area contributed by atoms with Crippen molar-refractivity contribution in [1.29, 1.82) is 0 Å². The summed E-state index contributed by atoms with van der Waals surface area (Å²) in [5.74, 6) is 1.44. The number of hydrogen-bond acceptors (Lipinski definition) is 4. The van der Waals surface area contributed by atoms with Gasteiger partial charge in [0.1, 0.15) is 5.82 Å². The Labute approximate surface area is 126 Å². The molecule has 0 bridgehead atoms. The van der Waals surface area contributed by atoms with Crippen molar-refractivity contribution in [3.8, 4) is 0 Å². The standard InChI is InChI=1S/C16H25N3O2/c1-3-15-17-10-14(11-18-15)16(20)19-8-4-6-13(12-19)7-5-9-21-2/h10-11,13H,3-9,12H2,1-2H3. The maximum Gasteiger partial charge on any atom is 0.256 e. The van der Waals surface area contributed by atoms with Crippen molar-refractivity contribution >= 4 is 5.91 Å². The minimum absolute atomic E-state index is 0.0640. The van der Waals surface area contributed by atoms with E-state index >= 15 is 0 Å². The number of piperidine rings is 1. The topological polar surface area (TPSA) is 55.3 Å². The number of nitrogens with zero attached hydrogens (tertiary/aromatic N) is 3. The molecule has 0 aromatic carbocycles. The summed E-state index contributed by atoms with van der Waals surface area (Å²) in [6.07, 6.45) is 8.58. The minimum atomic E-state index is 0.0640. The zero-order valence-corrected chi connectivity index (χ0v) is 13.0. The number of carbonyl (C=O) groups is 1. The highest BCUT2D eigenvalue weighted by Gasteiger charge is 2.24. The van der Waals surface area contributed by atoms with Gasteiger partial charge < -0.3 is 9.64 Å². The summed E-state index contributed by atoms with van der Waals surface area (Å²) in [6.45, 7) is 4.50. The van der Waals surface area contributed by atoms with Gasteiger partial charge in [0.15, 0.2) is 0 Å². The second-order valence-electron chi connectivity index (χ2n) is 5.64. The van der Waals surface area contributed by atoms with Crippen molar-refractivity contribution in [3.63, 3.8) is 0 Å². The molecule has 0 N–H and O–H groups in total. The fourth-order valence-corrected chi connectivity index (χ4v) is 2.83. The lowest BCUT2D eigenvalue weighted by atomic mass is 9.93. The molecule has 2 rings (SSSR count). The fraction of sp³-hybridized carbons (Fsp3) is 0.688. The molecule has 0 spiro atoms. The summed E-state index contributed by atoms with van der Waals surface area (Å²) < 4.78 is 5.10. The Morgan fingerprint density at radius 1 is 1.43 bits per heavy atom. The molecular formula is C16H25N3O2. The van der Waals surface area contributed by atoms with Gasteiger partial charge in [0.25, 0.3) is 5.91 Å². The van der Waals surface area contributed by atoms with Crippen LogP contribution in [0, 0.1) is 5.92 Å². The van der Waals surface area contributed by atoms with E-state index in [0.29, 0.717) is 11.5 Å². The maximum absolute atomic E-state index is 12.5. The van der Waals surface area contributed by atoms with Gasteiger partial charge in [0, 0.05) is 45.6 Å². The van der Waals surface area contributed by atoms with E-state index in [0.717, 1.165) is 51.2 Å². The van der Waals surface area contributed by atoms with E-state index in [2.05, 4.69) is 9.97 Å².